The third-order valence-corrected chi connectivity index (χ3v) is 1.32. The van der Waals surface area contributed by atoms with Crippen molar-refractivity contribution in [1.29, 1.82) is 0 Å². The summed E-state index contributed by atoms with van der Waals surface area (Å²) in [5.41, 5.74) is 14.3. The van der Waals surface area contributed by atoms with Gasteiger partial charge in [0.05, 0.1) is 11.9 Å². The predicted molar refractivity (Wildman–Crippen MR) is 56.2 cm³/mol. The van der Waals surface area contributed by atoms with E-state index in [9.17, 15) is 0 Å². The molecule has 1 heterocycles. The van der Waals surface area contributed by atoms with E-state index in [4.69, 9.17) is 11.5 Å². The Bertz CT molecular complexity index is 349. The number of hydrogen-bond donors (Lipinski definition) is 3. The number of pyridine rings is 1. The van der Waals surface area contributed by atoms with Gasteiger partial charge in [-0.2, -0.15) is 5.10 Å². The van der Waals surface area contributed by atoms with Crippen LogP contribution in [-0.2, 0) is 19.5 Å². The van der Waals surface area contributed by atoms with E-state index in [2.05, 4.69) is 27.7 Å². The number of aromatic nitrogens is 1. The quantitative estimate of drug-likeness (QED) is 0.217. The first kappa shape index (κ1) is 20.9. The molecule has 0 spiro atoms. The van der Waals surface area contributed by atoms with Crippen LogP contribution in [0.1, 0.15) is 5.69 Å². The summed E-state index contributed by atoms with van der Waals surface area (Å²) in [5.74, 6) is 0. The largest absolute Gasteiger partial charge is 2.00 e. The standard InChI is InChI=1S/C7H9N5S.2ClH.Zn/c8-5-2-1-3-10-6(5)4-11-12-7(9)13;;;/h1-4H,8H2,(H3,9,12,13);2*1H;/q;;;+2/p-2/b11-4+;;;. The Hall–Kier alpha value is -0.487. The van der Waals surface area contributed by atoms with Crippen molar-refractivity contribution in [3.05, 3.63) is 24.0 Å². The maximum absolute atomic E-state index is 5.59. The van der Waals surface area contributed by atoms with Crippen LogP contribution in [0.25, 0.3) is 0 Å². The first-order chi connectivity index (χ1) is 6.20. The molecule has 5 N–H and O–H groups in total. The number of anilines is 1. The number of thiocarbonyl (C=S) groups is 1. The van der Waals surface area contributed by atoms with Gasteiger partial charge >= 0.3 is 19.5 Å². The molecule has 0 aromatic carbocycles. The molecule has 0 aliphatic rings. The zero-order valence-corrected chi connectivity index (χ0v) is 13.5. The fraction of sp³-hybridized carbons (Fsp3) is 0. The Labute approximate surface area is 124 Å². The van der Waals surface area contributed by atoms with E-state index in [1.807, 2.05) is 0 Å². The van der Waals surface area contributed by atoms with Gasteiger partial charge in [0.1, 0.15) is 5.69 Å². The number of nitrogens with one attached hydrogen (secondary N) is 1. The molecule has 84 valence electrons. The molecule has 0 saturated heterocycles. The SMILES string of the molecule is NC(=S)N/N=C/c1ncccc1N.[Cl-].[Cl-].[Zn+2]. The van der Waals surface area contributed by atoms with Crippen molar-refractivity contribution in [3.63, 3.8) is 0 Å². The van der Waals surface area contributed by atoms with Crippen molar-refractivity contribution in [2.24, 2.45) is 10.8 Å². The van der Waals surface area contributed by atoms with E-state index >= 15 is 0 Å². The Kier molecular flexibility index (Phi) is 14.4. The molecular weight excluding hydrogens is 322 g/mol. The normalized spacial score (nSPS) is 8.25. The maximum atomic E-state index is 5.59. The van der Waals surface area contributed by atoms with E-state index in [-0.39, 0.29) is 49.4 Å². The average molecular weight is 332 g/mol. The summed E-state index contributed by atoms with van der Waals surface area (Å²) >= 11 is 4.55. The smallest absolute Gasteiger partial charge is 1.00 e. The zero-order chi connectivity index (χ0) is 9.68. The van der Waals surface area contributed by atoms with Crippen molar-refractivity contribution in [1.82, 2.24) is 10.4 Å². The van der Waals surface area contributed by atoms with Gasteiger partial charge in [-0.1, -0.05) is 0 Å². The Morgan fingerprint density at radius 2 is 2.12 bits per heavy atom. The van der Waals surface area contributed by atoms with Gasteiger partial charge < -0.3 is 36.3 Å². The number of hydrogen-bond acceptors (Lipinski definition) is 4. The number of halogens is 2. The van der Waals surface area contributed by atoms with Crippen LogP contribution in [0.2, 0.25) is 0 Å². The van der Waals surface area contributed by atoms with Gasteiger partial charge in [-0.25, -0.2) is 0 Å². The molecule has 0 aliphatic carbocycles. The molecule has 0 fully saturated rings. The van der Waals surface area contributed by atoms with Gasteiger partial charge in [-0.3, -0.25) is 10.4 Å². The second-order valence-electron chi connectivity index (χ2n) is 2.21. The van der Waals surface area contributed by atoms with Gasteiger partial charge in [0, 0.05) is 6.20 Å². The minimum Gasteiger partial charge on any atom is -1.00 e. The average Bonchev–Trinajstić information content (AvgIpc) is 2.08. The summed E-state index contributed by atoms with van der Waals surface area (Å²) in [6.07, 6.45) is 3.08. The van der Waals surface area contributed by atoms with Gasteiger partial charge in [0.15, 0.2) is 5.11 Å². The summed E-state index contributed by atoms with van der Waals surface area (Å²) in [5, 5.41) is 3.82. The second-order valence-corrected chi connectivity index (χ2v) is 2.65. The Morgan fingerprint density at radius 3 is 2.62 bits per heavy atom. The van der Waals surface area contributed by atoms with E-state index in [1.165, 1.54) is 6.21 Å². The summed E-state index contributed by atoms with van der Waals surface area (Å²) in [6.45, 7) is 0. The minimum atomic E-state index is 0. The number of rotatable bonds is 2. The van der Waals surface area contributed by atoms with E-state index in [0.717, 1.165) is 0 Å². The molecule has 0 radical (unpaired) electrons. The molecule has 1 aromatic heterocycles. The van der Waals surface area contributed by atoms with Crippen LogP contribution < -0.4 is 41.7 Å². The molecule has 0 atom stereocenters. The number of nitrogen functional groups attached to an aromatic ring is 1. The molecular formula is C7H9Cl2N5SZn. The van der Waals surface area contributed by atoms with Crippen molar-refractivity contribution in [3.8, 4) is 0 Å². The molecule has 1 rings (SSSR count). The van der Waals surface area contributed by atoms with E-state index in [1.54, 1.807) is 18.3 Å². The summed E-state index contributed by atoms with van der Waals surface area (Å²) in [6, 6.07) is 3.47. The fourth-order valence-electron chi connectivity index (χ4n) is 0.695. The molecule has 0 bridgehead atoms. The summed E-state index contributed by atoms with van der Waals surface area (Å²) in [7, 11) is 0. The maximum Gasteiger partial charge on any atom is 2.00 e. The van der Waals surface area contributed by atoms with E-state index < -0.39 is 0 Å². The van der Waals surface area contributed by atoms with Crippen LogP contribution in [0.3, 0.4) is 0 Å². The molecule has 16 heavy (non-hydrogen) atoms. The van der Waals surface area contributed by atoms with Gasteiger partial charge in [-0.15, -0.1) is 0 Å². The molecule has 9 heteroatoms. The monoisotopic (exact) mass is 329 g/mol. The van der Waals surface area contributed by atoms with Gasteiger partial charge in [-0.05, 0) is 24.4 Å². The summed E-state index contributed by atoms with van der Waals surface area (Å²) in [4.78, 5) is 3.98. The van der Waals surface area contributed by atoms with Crippen LogP contribution >= 0.6 is 12.2 Å². The van der Waals surface area contributed by atoms with Crippen molar-refractivity contribution in [2.45, 2.75) is 0 Å². The molecule has 1 aromatic rings. The summed E-state index contributed by atoms with van der Waals surface area (Å²) < 4.78 is 0. The van der Waals surface area contributed by atoms with Crippen LogP contribution in [0, 0.1) is 0 Å². The fourth-order valence-corrected chi connectivity index (χ4v) is 0.748. The Morgan fingerprint density at radius 1 is 1.50 bits per heavy atom. The van der Waals surface area contributed by atoms with Crippen molar-refractivity contribution < 1.29 is 44.3 Å². The first-order valence-electron chi connectivity index (χ1n) is 3.49. The molecule has 0 amide bonds. The molecule has 0 aliphatic heterocycles. The number of nitrogens with two attached hydrogens (primary N) is 2. The van der Waals surface area contributed by atoms with Crippen molar-refractivity contribution in [2.75, 3.05) is 5.73 Å². The predicted octanol–water partition coefficient (Wildman–Crippen LogP) is -6.16. The van der Waals surface area contributed by atoms with Crippen LogP contribution in [-0.4, -0.2) is 16.3 Å². The van der Waals surface area contributed by atoms with Crippen molar-refractivity contribution >= 4 is 29.2 Å². The zero-order valence-electron chi connectivity index (χ0n) is 8.23. The third-order valence-electron chi connectivity index (χ3n) is 1.23. The van der Waals surface area contributed by atoms with Crippen LogP contribution in [0.4, 0.5) is 5.69 Å². The van der Waals surface area contributed by atoms with Gasteiger partial charge in [0.25, 0.3) is 0 Å². The molecule has 0 saturated carbocycles. The third kappa shape index (κ3) is 7.76. The minimum absolute atomic E-state index is 0. The van der Waals surface area contributed by atoms with Crippen LogP contribution in [0.5, 0.6) is 0 Å². The molecule has 0 unspecified atom stereocenters. The van der Waals surface area contributed by atoms with E-state index in [0.29, 0.717) is 11.4 Å². The molecule has 5 nitrogen and oxygen atoms in total. The number of hydrazone groups is 1. The number of nitrogens with zero attached hydrogens (tertiary/aromatic N) is 2. The van der Waals surface area contributed by atoms with Crippen LogP contribution in [0.15, 0.2) is 23.4 Å². The second kappa shape index (κ2) is 11.0. The van der Waals surface area contributed by atoms with Gasteiger partial charge in [0.2, 0.25) is 0 Å². The Balaban J connectivity index is -0.000000563. The first-order valence-corrected chi connectivity index (χ1v) is 3.90. The topological polar surface area (TPSA) is 89.3 Å².